The van der Waals surface area contributed by atoms with E-state index in [9.17, 15) is 8.42 Å². The molecule has 1 fully saturated rings. The fraction of sp³-hybridized carbons (Fsp3) is 0.250. The van der Waals surface area contributed by atoms with Crippen molar-refractivity contribution in [2.75, 3.05) is 16.8 Å². The number of ether oxygens (including phenoxy) is 3. The minimum Gasteiger partial charge on any atom is -0.454 e. The highest BCUT2D eigenvalue weighted by Crippen LogP contribution is 2.36. The van der Waals surface area contributed by atoms with Gasteiger partial charge in [-0.05, 0) is 62.1 Å². The first kappa shape index (κ1) is 26.7. The van der Waals surface area contributed by atoms with E-state index >= 15 is 4.39 Å². The summed E-state index contributed by atoms with van der Waals surface area (Å²) in [7, 11) is -4.01. The molecule has 6 rings (SSSR count). The van der Waals surface area contributed by atoms with Gasteiger partial charge in [-0.3, -0.25) is 9.71 Å². The fourth-order valence-electron chi connectivity index (χ4n) is 4.71. The highest BCUT2D eigenvalue weighted by atomic mass is 32.2. The first-order valence-electron chi connectivity index (χ1n) is 13.0. The molecule has 2 aromatic heterocycles. The molecule has 0 amide bonds. The monoisotopic (exact) mass is 578 g/mol. The van der Waals surface area contributed by atoms with E-state index in [-0.39, 0.29) is 35.2 Å². The number of pyridine rings is 1. The van der Waals surface area contributed by atoms with E-state index in [1.807, 2.05) is 0 Å². The van der Waals surface area contributed by atoms with Crippen molar-refractivity contribution < 1.29 is 27.0 Å². The lowest BCUT2D eigenvalue weighted by atomic mass is 9.92. The molecule has 3 heterocycles. The van der Waals surface area contributed by atoms with Gasteiger partial charge in [-0.25, -0.2) is 22.8 Å². The zero-order chi connectivity index (χ0) is 28.4. The lowest BCUT2D eigenvalue weighted by molar-refractivity contribution is 0.174. The molecule has 13 heteroatoms. The van der Waals surface area contributed by atoms with Crippen LogP contribution in [0.3, 0.4) is 0 Å². The lowest BCUT2D eigenvalue weighted by Crippen LogP contribution is -2.33. The standard InChI is InChI=1S/C28H27FN6O5S/c29-22-13-19(35-41(36,37)20-6-8-26-27(14-20)39-16-38-26)5-7-25(22)40-24-10-11-31-15-21(24)23-9-12-32-28(34-23)33-18-3-1-17(30)2-4-18/h5-15,17-18,35H,1-4,16,30H2,(H,32,33,34). The number of nitrogens with two attached hydrogens (primary N) is 1. The number of rotatable bonds is 8. The van der Waals surface area contributed by atoms with Crippen molar-refractivity contribution in [1.82, 2.24) is 15.0 Å². The summed E-state index contributed by atoms with van der Waals surface area (Å²) in [4.78, 5) is 13.1. The Morgan fingerprint density at radius 1 is 0.951 bits per heavy atom. The molecule has 0 bridgehead atoms. The zero-order valence-corrected chi connectivity index (χ0v) is 22.6. The lowest BCUT2D eigenvalue weighted by Gasteiger charge is -2.26. The van der Waals surface area contributed by atoms with Crippen molar-refractivity contribution >= 4 is 21.7 Å². The van der Waals surface area contributed by atoms with Gasteiger partial charge in [-0.1, -0.05) is 0 Å². The van der Waals surface area contributed by atoms with Gasteiger partial charge in [-0.2, -0.15) is 0 Å². The van der Waals surface area contributed by atoms with Crippen LogP contribution in [0.4, 0.5) is 16.0 Å². The summed E-state index contributed by atoms with van der Waals surface area (Å²) in [5.74, 6) is 0.703. The molecule has 0 atom stereocenters. The van der Waals surface area contributed by atoms with Crippen LogP contribution in [0, 0.1) is 5.82 Å². The second-order valence-corrected chi connectivity index (χ2v) is 11.4. The molecule has 0 saturated heterocycles. The van der Waals surface area contributed by atoms with E-state index in [1.165, 1.54) is 36.5 Å². The van der Waals surface area contributed by atoms with Crippen molar-refractivity contribution in [2.45, 2.75) is 42.7 Å². The van der Waals surface area contributed by atoms with E-state index in [0.29, 0.717) is 34.5 Å². The number of nitrogens with one attached hydrogen (secondary N) is 2. The van der Waals surface area contributed by atoms with E-state index in [4.69, 9.17) is 19.9 Å². The Morgan fingerprint density at radius 3 is 2.61 bits per heavy atom. The summed E-state index contributed by atoms with van der Waals surface area (Å²) in [6.45, 7) is 0.0173. The number of hydrogen-bond acceptors (Lipinski definition) is 10. The molecule has 4 N–H and O–H groups in total. The maximum Gasteiger partial charge on any atom is 0.262 e. The van der Waals surface area contributed by atoms with Crippen molar-refractivity contribution in [3.8, 4) is 34.3 Å². The normalized spacial score (nSPS) is 18.1. The molecule has 0 radical (unpaired) electrons. The molecule has 1 aliphatic heterocycles. The topological polar surface area (TPSA) is 151 Å². The van der Waals surface area contributed by atoms with Crippen LogP contribution in [-0.4, -0.2) is 42.2 Å². The Hall–Kier alpha value is -4.49. The summed E-state index contributed by atoms with van der Waals surface area (Å²) >= 11 is 0. The molecule has 0 unspecified atom stereocenters. The van der Waals surface area contributed by atoms with Gasteiger partial charge >= 0.3 is 0 Å². The quantitative estimate of drug-likeness (QED) is 0.269. The molecule has 11 nitrogen and oxygen atoms in total. The number of halogens is 1. The van der Waals surface area contributed by atoms with Gasteiger partial charge in [0.05, 0.1) is 21.8 Å². The number of benzene rings is 2. The minimum absolute atomic E-state index is 0.0173. The molecule has 0 spiro atoms. The number of sulfonamides is 1. The first-order chi connectivity index (χ1) is 19.8. The molecule has 1 saturated carbocycles. The van der Waals surface area contributed by atoms with Gasteiger partial charge in [0, 0.05) is 42.8 Å². The molecule has 1 aliphatic carbocycles. The highest BCUT2D eigenvalue weighted by Gasteiger charge is 2.22. The van der Waals surface area contributed by atoms with Crippen LogP contribution >= 0.6 is 0 Å². The number of aromatic nitrogens is 3. The Morgan fingerprint density at radius 2 is 1.78 bits per heavy atom. The van der Waals surface area contributed by atoms with Crippen LogP contribution in [0.15, 0.2) is 72.0 Å². The summed E-state index contributed by atoms with van der Waals surface area (Å²) < 4.78 is 59.6. The predicted molar refractivity (Wildman–Crippen MR) is 149 cm³/mol. The Bertz CT molecular complexity index is 1680. The van der Waals surface area contributed by atoms with E-state index in [1.54, 1.807) is 24.5 Å². The van der Waals surface area contributed by atoms with Crippen LogP contribution < -0.4 is 30.0 Å². The second-order valence-electron chi connectivity index (χ2n) is 9.76. The Kier molecular flexibility index (Phi) is 7.28. The van der Waals surface area contributed by atoms with E-state index in [2.05, 4.69) is 25.0 Å². The van der Waals surface area contributed by atoms with Crippen LogP contribution in [0.5, 0.6) is 23.0 Å². The van der Waals surface area contributed by atoms with Crippen LogP contribution in [0.1, 0.15) is 25.7 Å². The molecule has 41 heavy (non-hydrogen) atoms. The van der Waals surface area contributed by atoms with Crippen molar-refractivity contribution in [3.63, 3.8) is 0 Å². The average Bonchev–Trinajstić information content (AvgIpc) is 3.44. The minimum atomic E-state index is -4.01. The molecule has 2 aliphatic rings. The Labute approximate surface area is 236 Å². The smallest absolute Gasteiger partial charge is 0.262 e. The molecule has 2 aromatic carbocycles. The summed E-state index contributed by atoms with van der Waals surface area (Å²) in [6.07, 6.45) is 8.52. The summed E-state index contributed by atoms with van der Waals surface area (Å²) in [5, 5.41) is 3.37. The number of fused-ring (bicyclic) bond motifs is 1. The van der Waals surface area contributed by atoms with E-state index in [0.717, 1.165) is 31.7 Å². The van der Waals surface area contributed by atoms with Crippen molar-refractivity contribution in [1.29, 1.82) is 0 Å². The average molecular weight is 579 g/mol. The van der Waals surface area contributed by atoms with Crippen LogP contribution in [0.25, 0.3) is 11.3 Å². The summed E-state index contributed by atoms with van der Waals surface area (Å²) in [6, 6.07) is 11.8. The van der Waals surface area contributed by atoms with Gasteiger partial charge in [0.2, 0.25) is 12.7 Å². The van der Waals surface area contributed by atoms with Crippen molar-refractivity contribution in [2.24, 2.45) is 5.73 Å². The molecule has 4 aromatic rings. The number of nitrogens with zero attached hydrogens (tertiary/aromatic N) is 3. The summed E-state index contributed by atoms with van der Waals surface area (Å²) in [5.41, 5.74) is 7.12. The highest BCUT2D eigenvalue weighted by molar-refractivity contribution is 7.92. The first-order valence-corrected chi connectivity index (χ1v) is 14.5. The second kappa shape index (κ2) is 11.2. The zero-order valence-electron chi connectivity index (χ0n) is 21.8. The van der Waals surface area contributed by atoms with Crippen LogP contribution in [-0.2, 0) is 10.0 Å². The number of hydrogen-bond donors (Lipinski definition) is 3. The Balaban J connectivity index is 1.18. The third-order valence-electron chi connectivity index (χ3n) is 6.88. The third-order valence-corrected chi connectivity index (χ3v) is 8.25. The van der Waals surface area contributed by atoms with Gasteiger partial charge in [0.25, 0.3) is 10.0 Å². The molecular weight excluding hydrogens is 551 g/mol. The SMILES string of the molecule is NC1CCC(Nc2nccc(-c3cnccc3Oc3ccc(NS(=O)(=O)c4ccc5c(c4)OCO5)cc3F)n2)CC1. The van der Waals surface area contributed by atoms with Gasteiger partial charge < -0.3 is 25.3 Å². The van der Waals surface area contributed by atoms with Gasteiger partial charge in [0.1, 0.15) is 5.75 Å². The largest absolute Gasteiger partial charge is 0.454 e. The van der Waals surface area contributed by atoms with Gasteiger partial charge in [0.15, 0.2) is 23.1 Å². The maximum absolute atomic E-state index is 15.1. The van der Waals surface area contributed by atoms with Gasteiger partial charge in [-0.15, -0.1) is 0 Å². The maximum atomic E-state index is 15.1. The van der Waals surface area contributed by atoms with Crippen LogP contribution in [0.2, 0.25) is 0 Å². The van der Waals surface area contributed by atoms with Crippen molar-refractivity contribution in [3.05, 3.63) is 72.9 Å². The predicted octanol–water partition coefficient (Wildman–Crippen LogP) is 4.68. The third kappa shape index (κ3) is 6.00. The molecular formula is C28H27FN6O5S. The fourth-order valence-corrected chi connectivity index (χ4v) is 5.78. The molecule has 212 valence electrons. The number of anilines is 2. The van der Waals surface area contributed by atoms with E-state index < -0.39 is 15.8 Å².